The van der Waals surface area contributed by atoms with Crippen LogP contribution in [0.5, 0.6) is 0 Å². The van der Waals surface area contributed by atoms with Gasteiger partial charge in [-0.1, -0.05) is 40.9 Å². The van der Waals surface area contributed by atoms with Crippen LogP contribution in [0.15, 0.2) is 28.7 Å². The van der Waals surface area contributed by atoms with Crippen molar-refractivity contribution >= 4 is 27.8 Å². The lowest BCUT2D eigenvalue weighted by Crippen LogP contribution is -2.31. The number of hydrogen-bond donors (Lipinski definition) is 1. The lowest BCUT2D eigenvalue weighted by Gasteiger charge is -2.15. The topological polar surface area (TPSA) is 55.4 Å². The summed E-state index contributed by atoms with van der Waals surface area (Å²) in [5.74, 6) is -0.0919. The second-order valence-corrected chi connectivity index (χ2v) is 6.77. The Morgan fingerprint density at radius 3 is 2.55 bits per heavy atom. The summed E-state index contributed by atoms with van der Waals surface area (Å²) < 4.78 is 6.06. The number of esters is 1. The Hall–Kier alpha value is -1.36. The van der Waals surface area contributed by atoms with Crippen LogP contribution in [0, 0.1) is 5.92 Å². The SMILES string of the molecule is C[C@H](NC(=O)COC(=O)CC1CCCC1)c1ccc(Br)cc1. The molecule has 0 aliphatic heterocycles. The van der Waals surface area contributed by atoms with E-state index in [0.29, 0.717) is 12.3 Å². The first-order valence-electron chi connectivity index (χ1n) is 7.75. The van der Waals surface area contributed by atoms with Crippen LogP contribution in [-0.2, 0) is 14.3 Å². The van der Waals surface area contributed by atoms with Crippen LogP contribution in [-0.4, -0.2) is 18.5 Å². The molecular weight excluding hydrogens is 346 g/mol. The van der Waals surface area contributed by atoms with Gasteiger partial charge in [0.15, 0.2) is 6.61 Å². The van der Waals surface area contributed by atoms with Crippen molar-refractivity contribution in [1.29, 1.82) is 0 Å². The first kappa shape index (κ1) is 17.0. The summed E-state index contributed by atoms with van der Waals surface area (Å²) in [6, 6.07) is 7.63. The molecule has 1 aromatic carbocycles. The van der Waals surface area contributed by atoms with Gasteiger partial charge < -0.3 is 10.1 Å². The minimum absolute atomic E-state index is 0.117. The summed E-state index contributed by atoms with van der Waals surface area (Å²) in [4.78, 5) is 23.5. The van der Waals surface area contributed by atoms with E-state index in [1.807, 2.05) is 31.2 Å². The number of carbonyl (C=O) groups is 2. The van der Waals surface area contributed by atoms with Crippen molar-refractivity contribution in [3.63, 3.8) is 0 Å². The molecule has 0 bridgehead atoms. The monoisotopic (exact) mass is 367 g/mol. The Balaban J connectivity index is 1.70. The van der Waals surface area contributed by atoms with E-state index in [0.717, 1.165) is 22.9 Å². The molecule has 22 heavy (non-hydrogen) atoms. The van der Waals surface area contributed by atoms with Gasteiger partial charge in [0.2, 0.25) is 0 Å². The Morgan fingerprint density at radius 2 is 1.91 bits per heavy atom. The quantitative estimate of drug-likeness (QED) is 0.778. The van der Waals surface area contributed by atoms with Crippen LogP contribution >= 0.6 is 15.9 Å². The molecule has 1 amide bonds. The van der Waals surface area contributed by atoms with Crippen molar-refractivity contribution in [1.82, 2.24) is 5.32 Å². The lowest BCUT2D eigenvalue weighted by atomic mass is 10.0. The van der Waals surface area contributed by atoms with Crippen molar-refractivity contribution in [2.45, 2.75) is 45.1 Å². The minimum Gasteiger partial charge on any atom is -0.456 e. The van der Waals surface area contributed by atoms with E-state index in [9.17, 15) is 9.59 Å². The zero-order chi connectivity index (χ0) is 15.9. The number of carbonyl (C=O) groups excluding carboxylic acids is 2. The van der Waals surface area contributed by atoms with Gasteiger partial charge in [-0.05, 0) is 43.4 Å². The summed E-state index contributed by atoms with van der Waals surface area (Å²) in [7, 11) is 0. The molecule has 0 unspecified atom stereocenters. The van der Waals surface area contributed by atoms with E-state index in [1.54, 1.807) is 0 Å². The van der Waals surface area contributed by atoms with E-state index in [4.69, 9.17) is 4.74 Å². The smallest absolute Gasteiger partial charge is 0.306 e. The molecule has 0 heterocycles. The average Bonchev–Trinajstić information content (AvgIpc) is 2.98. The summed E-state index contributed by atoms with van der Waals surface area (Å²) in [6.07, 6.45) is 5.03. The maximum Gasteiger partial charge on any atom is 0.306 e. The van der Waals surface area contributed by atoms with Gasteiger partial charge in [-0.2, -0.15) is 0 Å². The van der Waals surface area contributed by atoms with Gasteiger partial charge in [-0.3, -0.25) is 9.59 Å². The van der Waals surface area contributed by atoms with E-state index >= 15 is 0 Å². The Bertz CT molecular complexity index is 509. The summed E-state index contributed by atoms with van der Waals surface area (Å²) in [5.41, 5.74) is 1.01. The van der Waals surface area contributed by atoms with Crippen LogP contribution in [0.1, 0.15) is 50.6 Å². The Kier molecular flexibility index (Phi) is 6.43. The zero-order valence-corrected chi connectivity index (χ0v) is 14.4. The molecular formula is C17H22BrNO3. The molecule has 4 nitrogen and oxygen atoms in total. The zero-order valence-electron chi connectivity index (χ0n) is 12.8. The predicted octanol–water partition coefficient (Wildman–Crippen LogP) is 3.75. The van der Waals surface area contributed by atoms with Crippen LogP contribution < -0.4 is 5.32 Å². The molecule has 1 fully saturated rings. The molecule has 1 aromatic rings. The minimum atomic E-state index is -0.268. The van der Waals surface area contributed by atoms with Gasteiger partial charge in [-0.25, -0.2) is 0 Å². The van der Waals surface area contributed by atoms with Gasteiger partial charge >= 0.3 is 5.97 Å². The highest BCUT2D eigenvalue weighted by molar-refractivity contribution is 9.10. The molecule has 0 aromatic heterocycles. The average molecular weight is 368 g/mol. The normalized spacial score (nSPS) is 16.3. The van der Waals surface area contributed by atoms with Gasteiger partial charge in [0.25, 0.3) is 5.91 Å². The Labute approximate surface area is 139 Å². The summed E-state index contributed by atoms with van der Waals surface area (Å²) in [5, 5.41) is 2.83. The number of ether oxygens (including phenoxy) is 1. The van der Waals surface area contributed by atoms with Crippen molar-refractivity contribution in [2.24, 2.45) is 5.92 Å². The molecule has 0 spiro atoms. The molecule has 1 atom stereocenters. The summed E-state index contributed by atoms with van der Waals surface area (Å²) in [6.45, 7) is 1.70. The molecule has 1 N–H and O–H groups in total. The first-order chi connectivity index (χ1) is 10.5. The van der Waals surface area contributed by atoms with E-state index in [1.165, 1.54) is 12.8 Å². The second-order valence-electron chi connectivity index (χ2n) is 5.86. The number of halogens is 1. The van der Waals surface area contributed by atoms with Gasteiger partial charge in [0.1, 0.15) is 0 Å². The largest absolute Gasteiger partial charge is 0.456 e. The third-order valence-electron chi connectivity index (χ3n) is 4.04. The Morgan fingerprint density at radius 1 is 1.27 bits per heavy atom. The fraction of sp³-hybridized carbons (Fsp3) is 0.529. The maximum absolute atomic E-state index is 11.8. The van der Waals surface area contributed by atoms with Crippen molar-refractivity contribution in [2.75, 3.05) is 6.61 Å². The highest BCUT2D eigenvalue weighted by atomic mass is 79.9. The third-order valence-corrected chi connectivity index (χ3v) is 4.57. The van der Waals surface area contributed by atoms with Gasteiger partial charge in [0, 0.05) is 10.9 Å². The highest BCUT2D eigenvalue weighted by Gasteiger charge is 2.20. The van der Waals surface area contributed by atoms with Gasteiger partial charge in [0.05, 0.1) is 6.04 Å². The van der Waals surface area contributed by atoms with Crippen LogP contribution in [0.4, 0.5) is 0 Å². The molecule has 0 radical (unpaired) electrons. The molecule has 0 saturated heterocycles. The fourth-order valence-corrected chi connectivity index (χ4v) is 3.04. The number of rotatable bonds is 6. The van der Waals surface area contributed by atoms with Crippen molar-refractivity contribution in [3.05, 3.63) is 34.3 Å². The van der Waals surface area contributed by atoms with Gasteiger partial charge in [-0.15, -0.1) is 0 Å². The van der Waals surface area contributed by atoms with E-state index in [2.05, 4.69) is 21.2 Å². The lowest BCUT2D eigenvalue weighted by molar-refractivity contribution is -0.149. The van der Waals surface area contributed by atoms with E-state index < -0.39 is 0 Å². The maximum atomic E-state index is 11.8. The second kappa shape index (κ2) is 8.32. The fourth-order valence-electron chi connectivity index (χ4n) is 2.77. The molecule has 1 saturated carbocycles. The van der Waals surface area contributed by atoms with Crippen LogP contribution in [0.25, 0.3) is 0 Å². The van der Waals surface area contributed by atoms with Crippen molar-refractivity contribution < 1.29 is 14.3 Å². The van der Waals surface area contributed by atoms with Crippen molar-refractivity contribution in [3.8, 4) is 0 Å². The molecule has 2 rings (SSSR count). The highest BCUT2D eigenvalue weighted by Crippen LogP contribution is 2.27. The third kappa shape index (κ3) is 5.44. The summed E-state index contributed by atoms with van der Waals surface area (Å²) >= 11 is 3.38. The number of amides is 1. The van der Waals surface area contributed by atoms with Crippen LogP contribution in [0.2, 0.25) is 0 Å². The molecule has 120 valence electrons. The number of benzene rings is 1. The van der Waals surface area contributed by atoms with E-state index in [-0.39, 0.29) is 24.5 Å². The molecule has 1 aliphatic rings. The number of nitrogens with one attached hydrogen (secondary N) is 1. The predicted molar refractivity (Wildman–Crippen MR) is 88.2 cm³/mol. The molecule has 1 aliphatic carbocycles. The first-order valence-corrected chi connectivity index (χ1v) is 8.54. The number of hydrogen-bond acceptors (Lipinski definition) is 3. The molecule has 5 heteroatoms. The van der Waals surface area contributed by atoms with Crippen LogP contribution in [0.3, 0.4) is 0 Å². The standard InChI is InChI=1S/C17H22BrNO3/c1-12(14-6-8-15(18)9-7-14)19-16(20)11-22-17(21)10-13-4-2-3-5-13/h6-9,12-13H,2-5,10-11H2,1H3,(H,19,20)/t12-/m0/s1.